The molecule has 3 aromatic carbocycles. The third-order valence-electron chi connectivity index (χ3n) is 6.21. The molecule has 0 saturated heterocycles. The lowest BCUT2D eigenvalue weighted by Gasteiger charge is -2.11. The zero-order chi connectivity index (χ0) is 24.4. The minimum absolute atomic E-state index is 0.154. The van der Waals surface area contributed by atoms with E-state index in [2.05, 4.69) is 48.6 Å². The molecule has 1 aliphatic heterocycles. The molecule has 1 aromatic heterocycles. The second-order valence-corrected chi connectivity index (χ2v) is 8.84. The molecule has 6 nitrogen and oxygen atoms in total. The van der Waals surface area contributed by atoms with Gasteiger partial charge in [-0.15, -0.1) is 0 Å². The number of hydrogen-bond donors (Lipinski definition) is 1. The highest BCUT2D eigenvalue weighted by Gasteiger charge is 2.17. The van der Waals surface area contributed by atoms with Crippen LogP contribution in [0.25, 0.3) is 22.2 Å². The number of nitrogens with one attached hydrogen (secondary N) is 1. The average Bonchev–Trinajstić information content (AvgIpc) is 3.34. The molecule has 0 radical (unpaired) electrons. The van der Waals surface area contributed by atoms with Gasteiger partial charge < -0.3 is 9.47 Å². The summed E-state index contributed by atoms with van der Waals surface area (Å²) in [4.78, 5) is 18.0. The van der Waals surface area contributed by atoms with E-state index >= 15 is 0 Å². The first-order chi connectivity index (χ1) is 17.0. The van der Waals surface area contributed by atoms with Gasteiger partial charge in [-0.1, -0.05) is 67.9 Å². The molecule has 4 aromatic rings. The number of hydrazone groups is 1. The standard InChI is InChI=1S/C28H24ClN3O3/c1-3-17(2)18-8-10-19(11-9-18)25-13-22(21-6-4-5-7-24(21)31-25)28(33)32-30-15-20-12-26-27(14-23(20)29)35-16-34-26/h4-15,17H,3,16H2,1-2H3,(H,32,33). The number of benzene rings is 3. The summed E-state index contributed by atoms with van der Waals surface area (Å²) >= 11 is 6.30. The van der Waals surface area contributed by atoms with Gasteiger partial charge in [0.1, 0.15) is 0 Å². The fourth-order valence-electron chi connectivity index (χ4n) is 3.98. The summed E-state index contributed by atoms with van der Waals surface area (Å²) in [5, 5.41) is 5.33. The number of ether oxygens (including phenoxy) is 2. The fraction of sp³-hybridized carbons (Fsp3) is 0.179. The zero-order valence-corrected chi connectivity index (χ0v) is 20.2. The van der Waals surface area contributed by atoms with Crippen LogP contribution >= 0.6 is 11.6 Å². The summed E-state index contributed by atoms with van der Waals surface area (Å²) < 4.78 is 10.7. The summed E-state index contributed by atoms with van der Waals surface area (Å²) in [5.41, 5.74) is 7.42. The Balaban J connectivity index is 1.43. The summed E-state index contributed by atoms with van der Waals surface area (Å²) in [6.45, 7) is 4.54. The Morgan fingerprint density at radius 1 is 1.11 bits per heavy atom. The van der Waals surface area contributed by atoms with Crippen LogP contribution < -0.4 is 14.9 Å². The highest BCUT2D eigenvalue weighted by atomic mass is 35.5. The third-order valence-corrected chi connectivity index (χ3v) is 6.54. The number of amides is 1. The maximum absolute atomic E-state index is 13.2. The lowest BCUT2D eigenvalue weighted by molar-refractivity contribution is 0.0956. The Hall–Kier alpha value is -3.90. The number of aromatic nitrogens is 1. The topological polar surface area (TPSA) is 72.8 Å². The van der Waals surface area contributed by atoms with Crippen LogP contribution in [0.5, 0.6) is 11.5 Å². The predicted octanol–water partition coefficient (Wildman–Crippen LogP) is 6.56. The van der Waals surface area contributed by atoms with Gasteiger partial charge in [-0.3, -0.25) is 4.79 Å². The number of hydrogen-bond acceptors (Lipinski definition) is 5. The van der Waals surface area contributed by atoms with Gasteiger partial charge in [0.15, 0.2) is 11.5 Å². The van der Waals surface area contributed by atoms with Crippen LogP contribution in [0.3, 0.4) is 0 Å². The number of carbonyl (C=O) groups excluding carboxylic acids is 1. The van der Waals surface area contributed by atoms with Crippen LogP contribution in [-0.4, -0.2) is 23.9 Å². The van der Waals surface area contributed by atoms with Crippen molar-refractivity contribution in [1.29, 1.82) is 0 Å². The maximum atomic E-state index is 13.2. The van der Waals surface area contributed by atoms with Crippen molar-refractivity contribution in [2.24, 2.45) is 5.10 Å². The predicted molar refractivity (Wildman–Crippen MR) is 139 cm³/mol. The molecule has 0 bridgehead atoms. The van der Waals surface area contributed by atoms with Gasteiger partial charge >= 0.3 is 0 Å². The Bertz CT molecular complexity index is 1430. The van der Waals surface area contributed by atoms with Crippen molar-refractivity contribution in [3.05, 3.63) is 88.4 Å². The van der Waals surface area contributed by atoms with Gasteiger partial charge in [0, 0.05) is 22.6 Å². The number of nitrogens with zero attached hydrogens (tertiary/aromatic N) is 2. The summed E-state index contributed by atoms with van der Waals surface area (Å²) in [6.07, 6.45) is 2.57. The minimum Gasteiger partial charge on any atom is -0.454 e. The van der Waals surface area contributed by atoms with Crippen molar-refractivity contribution in [3.63, 3.8) is 0 Å². The molecule has 176 valence electrons. The second kappa shape index (κ2) is 9.76. The highest BCUT2D eigenvalue weighted by molar-refractivity contribution is 6.33. The zero-order valence-electron chi connectivity index (χ0n) is 19.4. The number of rotatable bonds is 6. The molecule has 0 fully saturated rings. The monoisotopic (exact) mass is 485 g/mol. The normalized spacial score (nSPS) is 13.3. The molecule has 1 unspecified atom stereocenters. The summed E-state index contributed by atoms with van der Waals surface area (Å²) in [6, 6.07) is 21.1. The van der Waals surface area contributed by atoms with E-state index < -0.39 is 0 Å². The van der Waals surface area contributed by atoms with Crippen molar-refractivity contribution in [2.75, 3.05) is 6.79 Å². The summed E-state index contributed by atoms with van der Waals surface area (Å²) in [7, 11) is 0. The van der Waals surface area contributed by atoms with Gasteiger partial charge in [0.05, 0.1) is 28.0 Å². The van der Waals surface area contributed by atoms with E-state index in [1.807, 2.05) is 24.3 Å². The van der Waals surface area contributed by atoms with Crippen molar-refractivity contribution in [1.82, 2.24) is 10.4 Å². The smallest absolute Gasteiger partial charge is 0.272 e. The van der Waals surface area contributed by atoms with Crippen LogP contribution in [0.1, 0.15) is 47.7 Å². The van der Waals surface area contributed by atoms with E-state index in [9.17, 15) is 4.79 Å². The molecule has 0 aliphatic carbocycles. The van der Waals surface area contributed by atoms with Crippen LogP contribution in [0.15, 0.2) is 71.8 Å². The first kappa shape index (κ1) is 22.9. The number of carbonyl (C=O) groups is 1. The molecule has 1 amide bonds. The summed E-state index contributed by atoms with van der Waals surface area (Å²) in [5.74, 6) is 1.33. The molecule has 5 rings (SSSR count). The number of para-hydroxylation sites is 1. The molecule has 2 heterocycles. The number of fused-ring (bicyclic) bond motifs is 2. The first-order valence-corrected chi connectivity index (χ1v) is 11.8. The SMILES string of the molecule is CCC(C)c1ccc(-c2cc(C(=O)NN=Cc3cc4c(cc3Cl)OCO4)c3ccccc3n2)cc1. The van der Waals surface area contributed by atoms with Gasteiger partial charge in [0.2, 0.25) is 6.79 Å². The molecule has 0 spiro atoms. The van der Waals surface area contributed by atoms with Crippen molar-refractivity contribution in [3.8, 4) is 22.8 Å². The second-order valence-electron chi connectivity index (χ2n) is 8.43. The van der Waals surface area contributed by atoms with E-state index in [0.29, 0.717) is 33.6 Å². The fourth-order valence-corrected chi connectivity index (χ4v) is 4.18. The molecule has 7 heteroatoms. The Kier molecular flexibility index (Phi) is 6.38. The molecule has 1 atom stereocenters. The molecular formula is C28H24ClN3O3. The van der Waals surface area contributed by atoms with E-state index in [0.717, 1.165) is 28.6 Å². The van der Waals surface area contributed by atoms with Gasteiger partial charge in [-0.2, -0.15) is 5.10 Å². The largest absolute Gasteiger partial charge is 0.454 e. The molecule has 1 N–H and O–H groups in total. The van der Waals surface area contributed by atoms with Gasteiger partial charge in [-0.25, -0.2) is 10.4 Å². The lowest BCUT2D eigenvalue weighted by atomic mass is 9.96. The maximum Gasteiger partial charge on any atom is 0.272 e. The average molecular weight is 486 g/mol. The Morgan fingerprint density at radius 3 is 2.63 bits per heavy atom. The van der Waals surface area contributed by atoms with Crippen LogP contribution in [0.4, 0.5) is 0 Å². The molecule has 0 saturated carbocycles. The van der Waals surface area contributed by atoms with Crippen molar-refractivity contribution >= 4 is 34.6 Å². The van der Waals surface area contributed by atoms with E-state index in [-0.39, 0.29) is 12.7 Å². The quantitative estimate of drug-likeness (QED) is 0.248. The van der Waals surface area contributed by atoms with Crippen molar-refractivity contribution < 1.29 is 14.3 Å². The van der Waals surface area contributed by atoms with E-state index in [1.165, 1.54) is 11.8 Å². The van der Waals surface area contributed by atoms with Gasteiger partial charge in [-0.05, 0) is 36.1 Å². The Morgan fingerprint density at radius 2 is 1.86 bits per heavy atom. The number of pyridine rings is 1. The third kappa shape index (κ3) is 4.70. The van der Waals surface area contributed by atoms with E-state index in [4.69, 9.17) is 26.1 Å². The van der Waals surface area contributed by atoms with Crippen LogP contribution in [0.2, 0.25) is 5.02 Å². The lowest BCUT2D eigenvalue weighted by Crippen LogP contribution is -2.18. The number of halogens is 1. The Labute approximate surface area is 208 Å². The van der Waals surface area contributed by atoms with Gasteiger partial charge in [0.25, 0.3) is 5.91 Å². The molecule has 1 aliphatic rings. The highest BCUT2D eigenvalue weighted by Crippen LogP contribution is 2.36. The van der Waals surface area contributed by atoms with Crippen molar-refractivity contribution in [2.45, 2.75) is 26.2 Å². The van der Waals surface area contributed by atoms with Crippen LogP contribution in [0, 0.1) is 0 Å². The molecule has 35 heavy (non-hydrogen) atoms. The minimum atomic E-state index is -0.339. The van der Waals surface area contributed by atoms with Crippen LogP contribution in [-0.2, 0) is 0 Å². The molecular weight excluding hydrogens is 462 g/mol. The van der Waals surface area contributed by atoms with E-state index in [1.54, 1.807) is 18.2 Å². The first-order valence-electron chi connectivity index (χ1n) is 11.5.